The highest BCUT2D eigenvalue weighted by Crippen LogP contribution is 2.26. The molecule has 1 atom stereocenters. The molecule has 0 bridgehead atoms. The van der Waals surface area contributed by atoms with Crippen molar-refractivity contribution in [2.75, 3.05) is 19.6 Å². The van der Waals surface area contributed by atoms with E-state index < -0.39 is 10.0 Å². The molecule has 1 unspecified atom stereocenters. The maximum atomic E-state index is 12.7. The van der Waals surface area contributed by atoms with Crippen LogP contribution in [0.2, 0.25) is 5.02 Å². The Morgan fingerprint density at radius 1 is 1.45 bits per heavy atom. The Morgan fingerprint density at radius 3 is 2.75 bits per heavy atom. The van der Waals surface area contributed by atoms with Crippen molar-refractivity contribution in [2.24, 2.45) is 0 Å². The van der Waals surface area contributed by atoms with Crippen LogP contribution >= 0.6 is 11.6 Å². The van der Waals surface area contributed by atoms with Gasteiger partial charge in [-0.1, -0.05) is 24.6 Å². The van der Waals surface area contributed by atoms with E-state index in [2.05, 4.69) is 5.32 Å². The van der Waals surface area contributed by atoms with Crippen molar-refractivity contribution >= 4 is 21.6 Å². The quantitative estimate of drug-likeness (QED) is 0.907. The van der Waals surface area contributed by atoms with E-state index in [-0.39, 0.29) is 10.9 Å². The molecule has 1 aliphatic rings. The highest BCUT2D eigenvalue weighted by molar-refractivity contribution is 7.89. The number of hydrogen-bond donors (Lipinski definition) is 1. The maximum absolute atomic E-state index is 12.7. The van der Waals surface area contributed by atoms with Crippen molar-refractivity contribution < 1.29 is 8.42 Å². The molecule has 1 aromatic rings. The molecule has 1 N–H and O–H groups in total. The second kappa shape index (κ2) is 6.43. The van der Waals surface area contributed by atoms with E-state index in [1.54, 1.807) is 18.2 Å². The van der Waals surface area contributed by atoms with Crippen molar-refractivity contribution in [3.05, 3.63) is 28.8 Å². The summed E-state index contributed by atoms with van der Waals surface area (Å²) in [6, 6.07) is 5.31. The molecule has 20 heavy (non-hydrogen) atoms. The van der Waals surface area contributed by atoms with Gasteiger partial charge in [0.1, 0.15) is 4.90 Å². The Bertz CT molecular complexity index is 569. The number of hydrogen-bond acceptors (Lipinski definition) is 3. The SMILES string of the molecule is CCN(CC1CCCN1)S(=O)(=O)c1ccc(C)cc1Cl. The number of benzene rings is 1. The van der Waals surface area contributed by atoms with Gasteiger partial charge in [-0.3, -0.25) is 0 Å². The van der Waals surface area contributed by atoms with Crippen LogP contribution in [-0.2, 0) is 10.0 Å². The van der Waals surface area contributed by atoms with Crippen LogP contribution in [0, 0.1) is 6.92 Å². The molecule has 0 aliphatic carbocycles. The normalized spacial score (nSPS) is 19.7. The van der Waals surface area contributed by atoms with Crippen LogP contribution in [0.25, 0.3) is 0 Å². The van der Waals surface area contributed by atoms with Gasteiger partial charge in [-0.15, -0.1) is 0 Å². The van der Waals surface area contributed by atoms with Crippen LogP contribution in [0.1, 0.15) is 25.3 Å². The smallest absolute Gasteiger partial charge is 0.244 e. The molecule has 1 saturated heterocycles. The Balaban J connectivity index is 2.26. The van der Waals surface area contributed by atoms with Gasteiger partial charge in [0.05, 0.1) is 5.02 Å². The standard InChI is InChI=1S/C14H21ClN2O2S/c1-3-17(10-12-5-4-8-16-12)20(18,19)14-7-6-11(2)9-13(14)15/h6-7,9,12,16H,3-5,8,10H2,1-2H3. The molecule has 0 amide bonds. The molecule has 1 fully saturated rings. The number of halogens is 1. The van der Waals surface area contributed by atoms with Crippen molar-refractivity contribution in [1.29, 1.82) is 0 Å². The van der Waals surface area contributed by atoms with Crippen molar-refractivity contribution in [1.82, 2.24) is 9.62 Å². The molecule has 0 aromatic heterocycles. The van der Waals surface area contributed by atoms with Crippen LogP contribution in [0.15, 0.2) is 23.1 Å². The molecule has 2 rings (SSSR count). The highest BCUT2D eigenvalue weighted by Gasteiger charge is 2.28. The Morgan fingerprint density at radius 2 is 2.20 bits per heavy atom. The second-order valence-corrected chi connectivity index (χ2v) is 7.50. The molecule has 1 heterocycles. The van der Waals surface area contributed by atoms with Crippen molar-refractivity contribution in [2.45, 2.75) is 37.6 Å². The minimum atomic E-state index is -3.52. The van der Waals surface area contributed by atoms with E-state index in [9.17, 15) is 8.42 Å². The average molecular weight is 317 g/mol. The molecule has 112 valence electrons. The number of rotatable bonds is 5. The molecule has 0 spiro atoms. The van der Waals surface area contributed by atoms with Gasteiger partial charge >= 0.3 is 0 Å². The van der Waals surface area contributed by atoms with Gasteiger partial charge < -0.3 is 5.32 Å². The van der Waals surface area contributed by atoms with E-state index in [0.29, 0.717) is 18.1 Å². The minimum Gasteiger partial charge on any atom is -0.313 e. The number of nitrogens with zero attached hydrogens (tertiary/aromatic N) is 1. The van der Waals surface area contributed by atoms with E-state index >= 15 is 0 Å². The van der Waals surface area contributed by atoms with Crippen LogP contribution in [0.3, 0.4) is 0 Å². The maximum Gasteiger partial charge on any atom is 0.244 e. The van der Waals surface area contributed by atoms with Gasteiger partial charge in [0, 0.05) is 19.1 Å². The van der Waals surface area contributed by atoms with Crippen LogP contribution < -0.4 is 5.32 Å². The second-order valence-electron chi connectivity index (χ2n) is 5.18. The summed E-state index contributed by atoms with van der Waals surface area (Å²) < 4.78 is 26.9. The summed E-state index contributed by atoms with van der Waals surface area (Å²) >= 11 is 6.11. The molecule has 4 nitrogen and oxygen atoms in total. The summed E-state index contributed by atoms with van der Waals surface area (Å²) in [6.07, 6.45) is 2.13. The van der Waals surface area contributed by atoms with Crippen molar-refractivity contribution in [3.8, 4) is 0 Å². The molecular formula is C14H21ClN2O2S. The summed E-state index contributed by atoms with van der Waals surface area (Å²) in [5.74, 6) is 0. The summed E-state index contributed by atoms with van der Waals surface area (Å²) in [6.45, 7) is 5.66. The predicted molar refractivity (Wildman–Crippen MR) is 81.6 cm³/mol. The topological polar surface area (TPSA) is 49.4 Å². The first-order chi connectivity index (χ1) is 9.45. The zero-order valence-corrected chi connectivity index (χ0v) is 13.5. The number of sulfonamides is 1. The van der Waals surface area contributed by atoms with Gasteiger partial charge in [-0.05, 0) is 44.0 Å². The Kier molecular flexibility index (Phi) is 5.07. The fourth-order valence-corrected chi connectivity index (χ4v) is 4.58. The van der Waals surface area contributed by atoms with Gasteiger partial charge in [0.15, 0.2) is 0 Å². The van der Waals surface area contributed by atoms with Crippen LogP contribution in [0.4, 0.5) is 0 Å². The predicted octanol–water partition coefficient (Wildman–Crippen LogP) is 2.41. The van der Waals surface area contributed by atoms with E-state index in [4.69, 9.17) is 11.6 Å². The summed E-state index contributed by atoms with van der Waals surface area (Å²) in [5, 5.41) is 3.62. The zero-order valence-electron chi connectivity index (χ0n) is 11.9. The average Bonchev–Trinajstić information content (AvgIpc) is 2.88. The monoisotopic (exact) mass is 316 g/mol. The molecule has 0 radical (unpaired) electrons. The lowest BCUT2D eigenvalue weighted by Crippen LogP contribution is -2.41. The highest BCUT2D eigenvalue weighted by atomic mass is 35.5. The molecular weight excluding hydrogens is 296 g/mol. The first-order valence-corrected chi connectivity index (χ1v) is 8.76. The Hall–Kier alpha value is -0.620. The van der Waals surface area contributed by atoms with Gasteiger partial charge in [0.2, 0.25) is 10.0 Å². The first-order valence-electron chi connectivity index (χ1n) is 6.95. The molecule has 6 heteroatoms. The summed E-state index contributed by atoms with van der Waals surface area (Å²) in [4.78, 5) is 0.199. The lowest BCUT2D eigenvalue weighted by molar-refractivity contribution is 0.383. The van der Waals surface area contributed by atoms with E-state index in [1.165, 1.54) is 4.31 Å². The fraction of sp³-hybridized carbons (Fsp3) is 0.571. The number of nitrogens with one attached hydrogen (secondary N) is 1. The largest absolute Gasteiger partial charge is 0.313 e. The van der Waals surface area contributed by atoms with Gasteiger partial charge in [-0.2, -0.15) is 4.31 Å². The third-order valence-corrected chi connectivity index (χ3v) is 6.07. The number of aryl methyl sites for hydroxylation is 1. The van der Waals surface area contributed by atoms with E-state index in [0.717, 1.165) is 24.9 Å². The van der Waals surface area contributed by atoms with Gasteiger partial charge in [0.25, 0.3) is 0 Å². The van der Waals surface area contributed by atoms with Crippen LogP contribution in [0.5, 0.6) is 0 Å². The summed E-state index contributed by atoms with van der Waals surface area (Å²) in [5.41, 5.74) is 0.953. The molecule has 1 aromatic carbocycles. The lowest BCUT2D eigenvalue weighted by Gasteiger charge is -2.24. The Labute approximate surface area is 126 Å². The first kappa shape index (κ1) is 15.8. The third-order valence-electron chi connectivity index (χ3n) is 3.64. The lowest BCUT2D eigenvalue weighted by atomic mass is 10.2. The number of likely N-dealkylation sites (N-methyl/N-ethyl adjacent to an activating group) is 1. The fourth-order valence-electron chi connectivity index (χ4n) is 2.51. The van der Waals surface area contributed by atoms with Crippen LogP contribution in [-0.4, -0.2) is 38.4 Å². The molecule has 0 saturated carbocycles. The van der Waals surface area contributed by atoms with E-state index in [1.807, 2.05) is 13.8 Å². The minimum absolute atomic E-state index is 0.199. The molecule has 1 aliphatic heterocycles. The summed E-state index contributed by atoms with van der Waals surface area (Å²) in [7, 11) is -3.52. The van der Waals surface area contributed by atoms with Crippen molar-refractivity contribution in [3.63, 3.8) is 0 Å². The van der Waals surface area contributed by atoms with Gasteiger partial charge in [-0.25, -0.2) is 8.42 Å². The third kappa shape index (κ3) is 3.34. The zero-order chi connectivity index (χ0) is 14.8.